The minimum absolute atomic E-state index is 0. The maximum Gasteiger partial charge on any atom is 0.191 e. The Hall–Kier alpha value is -1.16. The van der Waals surface area contributed by atoms with Crippen LogP contribution in [0.5, 0.6) is 0 Å². The normalized spacial score (nSPS) is 11.2. The van der Waals surface area contributed by atoms with Crippen molar-refractivity contribution < 1.29 is 0 Å². The molecule has 0 radical (unpaired) electrons. The highest BCUT2D eigenvalue weighted by atomic mass is 127. The SMILES string of the molecule is CCCCNC(=NCc1nnc(C)n1C)NCCc1cccs1.I. The summed E-state index contributed by atoms with van der Waals surface area (Å²) in [6, 6.07) is 4.25. The third-order valence-electron chi connectivity index (χ3n) is 3.63. The van der Waals surface area contributed by atoms with Crippen LogP contribution in [-0.2, 0) is 20.0 Å². The van der Waals surface area contributed by atoms with Gasteiger partial charge in [0.1, 0.15) is 12.4 Å². The molecule has 0 aliphatic heterocycles. The van der Waals surface area contributed by atoms with Crippen LogP contribution in [0.25, 0.3) is 0 Å². The largest absolute Gasteiger partial charge is 0.356 e. The molecule has 0 saturated heterocycles. The second kappa shape index (κ2) is 11.4. The van der Waals surface area contributed by atoms with Crippen molar-refractivity contribution >= 4 is 41.3 Å². The molecule has 0 fully saturated rings. The molecule has 0 bridgehead atoms. The van der Waals surface area contributed by atoms with Crippen LogP contribution in [-0.4, -0.2) is 33.8 Å². The number of halogens is 1. The number of nitrogens with one attached hydrogen (secondary N) is 2. The molecule has 0 aromatic carbocycles. The summed E-state index contributed by atoms with van der Waals surface area (Å²) >= 11 is 1.79. The minimum Gasteiger partial charge on any atom is -0.356 e. The Kier molecular flexibility index (Phi) is 9.92. The van der Waals surface area contributed by atoms with Crippen LogP contribution in [0.4, 0.5) is 0 Å². The summed E-state index contributed by atoms with van der Waals surface area (Å²) in [5.41, 5.74) is 0. The molecule has 2 N–H and O–H groups in total. The molecule has 24 heavy (non-hydrogen) atoms. The van der Waals surface area contributed by atoms with Crippen LogP contribution in [0.1, 0.15) is 36.3 Å². The predicted molar refractivity (Wildman–Crippen MR) is 111 cm³/mol. The van der Waals surface area contributed by atoms with Crippen molar-refractivity contribution in [3.63, 3.8) is 0 Å². The van der Waals surface area contributed by atoms with E-state index in [0.29, 0.717) is 6.54 Å². The van der Waals surface area contributed by atoms with Crippen LogP contribution < -0.4 is 10.6 Å². The van der Waals surface area contributed by atoms with Crippen molar-refractivity contribution in [3.05, 3.63) is 34.0 Å². The lowest BCUT2D eigenvalue weighted by Gasteiger charge is -2.12. The lowest BCUT2D eigenvalue weighted by atomic mass is 10.3. The third-order valence-corrected chi connectivity index (χ3v) is 4.56. The second-order valence-corrected chi connectivity index (χ2v) is 6.46. The Morgan fingerprint density at radius 3 is 2.71 bits per heavy atom. The van der Waals surface area contributed by atoms with Crippen molar-refractivity contribution in [3.8, 4) is 0 Å². The lowest BCUT2D eigenvalue weighted by Crippen LogP contribution is -2.39. The molecule has 134 valence electrons. The lowest BCUT2D eigenvalue weighted by molar-refractivity contribution is 0.715. The zero-order valence-electron chi connectivity index (χ0n) is 14.6. The van der Waals surface area contributed by atoms with Crippen LogP contribution >= 0.6 is 35.3 Å². The van der Waals surface area contributed by atoms with Gasteiger partial charge in [0.15, 0.2) is 11.8 Å². The summed E-state index contributed by atoms with van der Waals surface area (Å²) in [5, 5.41) is 17.1. The Balaban J connectivity index is 0.00000288. The van der Waals surface area contributed by atoms with Gasteiger partial charge >= 0.3 is 0 Å². The van der Waals surface area contributed by atoms with Crippen LogP contribution in [0.3, 0.4) is 0 Å². The molecule has 0 aliphatic carbocycles. The zero-order chi connectivity index (χ0) is 16.5. The fourth-order valence-corrected chi connectivity index (χ4v) is 2.76. The van der Waals surface area contributed by atoms with Gasteiger partial charge in [0.05, 0.1) is 0 Å². The number of thiophene rings is 1. The molecule has 2 heterocycles. The molecule has 8 heteroatoms. The number of unbranched alkanes of at least 4 members (excludes halogenated alkanes) is 1. The van der Waals surface area contributed by atoms with Gasteiger partial charge in [-0.3, -0.25) is 0 Å². The van der Waals surface area contributed by atoms with Crippen molar-refractivity contribution in [2.75, 3.05) is 13.1 Å². The van der Waals surface area contributed by atoms with E-state index in [1.165, 1.54) is 4.88 Å². The number of hydrogen-bond acceptors (Lipinski definition) is 4. The molecule has 2 rings (SSSR count). The van der Waals surface area contributed by atoms with Crippen molar-refractivity contribution in [1.29, 1.82) is 0 Å². The first-order chi connectivity index (χ1) is 11.2. The van der Waals surface area contributed by atoms with E-state index in [9.17, 15) is 0 Å². The Morgan fingerprint density at radius 2 is 2.08 bits per heavy atom. The highest BCUT2D eigenvalue weighted by Gasteiger charge is 2.05. The quantitative estimate of drug-likeness (QED) is 0.274. The number of aromatic nitrogens is 3. The summed E-state index contributed by atoms with van der Waals surface area (Å²) in [4.78, 5) is 6.02. The maximum atomic E-state index is 4.63. The molecule has 0 aliphatic rings. The first-order valence-electron chi connectivity index (χ1n) is 8.10. The smallest absolute Gasteiger partial charge is 0.191 e. The van der Waals surface area contributed by atoms with Crippen LogP contribution in [0.15, 0.2) is 22.5 Å². The summed E-state index contributed by atoms with van der Waals surface area (Å²) in [5.74, 6) is 2.62. The zero-order valence-corrected chi connectivity index (χ0v) is 17.7. The molecule has 0 saturated carbocycles. The fraction of sp³-hybridized carbons (Fsp3) is 0.562. The molecular formula is C16H27IN6S. The van der Waals surface area contributed by atoms with Crippen molar-refractivity contribution in [2.24, 2.45) is 12.0 Å². The molecule has 6 nitrogen and oxygen atoms in total. The van der Waals surface area contributed by atoms with Gasteiger partial charge in [0.2, 0.25) is 0 Å². The number of aliphatic imine (C=N–C) groups is 1. The van der Waals surface area contributed by atoms with E-state index in [1.807, 2.05) is 18.5 Å². The summed E-state index contributed by atoms with van der Waals surface area (Å²) in [6.45, 7) is 6.46. The van der Waals surface area contributed by atoms with E-state index in [-0.39, 0.29) is 24.0 Å². The molecule has 0 spiro atoms. The second-order valence-electron chi connectivity index (χ2n) is 5.42. The average molecular weight is 462 g/mol. The first-order valence-corrected chi connectivity index (χ1v) is 8.98. The summed E-state index contributed by atoms with van der Waals surface area (Å²) < 4.78 is 1.97. The summed E-state index contributed by atoms with van der Waals surface area (Å²) in [7, 11) is 1.97. The van der Waals surface area contributed by atoms with Gasteiger partial charge in [0.25, 0.3) is 0 Å². The predicted octanol–water partition coefficient (Wildman–Crippen LogP) is 2.88. The highest BCUT2D eigenvalue weighted by molar-refractivity contribution is 14.0. The van der Waals surface area contributed by atoms with E-state index in [0.717, 1.165) is 50.0 Å². The van der Waals surface area contributed by atoms with Crippen molar-refractivity contribution in [1.82, 2.24) is 25.4 Å². The van der Waals surface area contributed by atoms with Gasteiger partial charge in [-0.15, -0.1) is 45.5 Å². The van der Waals surface area contributed by atoms with Gasteiger partial charge in [0, 0.05) is 25.0 Å². The van der Waals surface area contributed by atoms with Gasteiger partial charge in [-0.05, 0) is 31.2 Å². The number of guanidine groups is 1. The molecule has 0 amide bonds. The monoisotopic (exact) mass is 462 g/mol. The van der Waals surface area contributed by atoms with Gasteiger partial charge in [-0.2, -0.15) is 0 Å². The highest BCUT2D eigenvalue weighted by Crippen LogP contribution is 2.08. The van der Waals surface area contributed by atoms with Gasteiger partial charge in [-0.25, -0.2) is 4.99 Å². The minimum atomic E-state index is 0. The number of nitrogens with zero attached hydrogens (tertiary/aromatic N) is 4. The molecule has 0 atom stereocenters. The average Bonchev–Trinajstić information content (AvgIpc) is 3.17. The van der Waals surface area contributed by atoms with E-state index in [4.69, 9.17) is 0 Å². The Bertz CT molecular complexity index is 608. The van der Waals surface area contributed by atoms with Gasteiger partial charge < -0.3 is 15.2 Å². The van der Waals surface area contributed by atoms with Crippen LogP contribution in [0, 0.1) is 6.92 Å². The topological polar surface area (TPSA) is 67.1 Å². The number of rotatable bonds is 8. The maximum absolute atomic E-state index is 4.63. The number of hydrogen-bond donors (Lipinski definition) is 2. The Morgan fingerprint density at radius 1 is 1.29 bits per heavy atom. The number of aryl methyl sites for hydroxylation is 1. The fourth-order valence-electron chi connectivity index (χ4n) is 2.06. The van der Waals surface area contributed by atoms with E-state index in [2.05, 4.69) is 50.3 Å². The molecule has 0 unspecified atom stereocenters. The Labute approximate surface area is 165 Å². The van der Waals surface area contributed by atoms with Gasteiger partial charge in [-0.1, -0.05) is 19.4 Å². The first kappa shape index (κ1) is 20.9. The van der Waals surface area contributed by atoms with E-state index in [1.54, 1.807) is 11.3 Å². The van der Waals surface area contributed by atoms with E-state index >= 15 is 0 Å². The molecular weight excluding hydrogens is 435 g/mol. The van der Waals surface area contributed by atoms with Crippen LogP contribution in [0.2, 0.25) is 0 Å². The summed E-state index contributed by atoms with van der Waals surface area (Å²) in [6.07, 6.45) is 3.31. The molecule has 2 aromatic heterocycles. The molecule has 2 aromatic rings. The standard InChI is InChI=1S/C16H26N6S.HI/c1-4-5-9-17-16(18-10-8-14-7-6-11-23-14)19-12-15-21-20-13(2)22(15)3;/h6-7,11H,4-5,8-10,12H2,1-3H3,(H2,17,18,19);1H. The van der Waals surface area contributed by atoms with Crippen molar-refractivity contribution in [2.45, 2.75) is 39.7 Å². The van der Waals surface area contributed by atoms with E-state index < -0.39 is 0 Å². The third kappa shape index (κ3) is 6.76.